The first kappa shape index (κ1) is 36.9. The molecule has 0 aliphatic heterocycles. The molecule has 0 aromatic rings. The Morgan fingerprint density at radius 3 is 1.38 bits per heavy atom. The van der Waals surface area contributed by atoms with Gasteiger partial charge < -0.3 is 4.74 Å². The molecule has 0 radical (unpaired) electrons. The first-order valence-electron chi connectivity index (χ1n) is 9.42. The molecule has 0 spiro atoms. The molecule has 0 atom stereocenters. The smallest absolute Gasteiger partial charge is 0.460 e. The highest BCUT2D eigenvalue weighted by atomic mass is 32.2. The van der Waals surface area contributed by atoms with Gasteiger partial charge in [-0.1, -0.05) is 13.5 Å². The number of ether oxygens (including phenoxy) is 1. The van der Waals surface area contributed by atoms with E-state index in [0.29, 0.717) is 6.08 Å². The predicted molar refractivity (Wildman–Crippen MR) is 92.6 cm³/mol. The number of rotatable bonds is 14. The molecule has 0 aromatic heterocycles. The Labute approximate surface area is 206 Å². The van der Waals surface area contributed by atoms with Crippen LogP contribution in [0.2, 0.25) is 0 Å². The minimum atomic E-state index is -8.91. The van der Waals surface area contributed by atoms with Gasteiger partial charge in [0, 0.05) is 19.2 Å². The van der Waals surface area contributed by atoms with Gasteiger partial charge in [0.25, 0.3) is 10.0 Å². The van der Waals surface area contributed by atoms with Gasteiger partial charge in [-0.05, 0) is 6.42 Å². The van der Waals surface area contributed by atoms with Gasteiger partial charge in [0.2, 0.25) is 0 Å². The van der Waals surface area contributed by atoms with Crippen molar-refractivity contribution in [3.63, 3.8) is 0 Å². The maximum atomic E-state index is 14.3. The van der Waals surface area contributed by atoms with E-state index in [9.17, 15) is 87.8 Å². The van der Waals surface area contributed by atoms with Gasteiger partial charge in [-0.15, -0.1) is 0 Å². The van der Waals surface area contributed by atoms with Gasteiger partial charge in [-0.3, -0.25) is 0 Å². The molecule has 5 nitrogen and oxygen atoms in total. The summed E-state index contributed by atoms with van der Waals surface area (Å²) in [6, 6.07) is 0. The molecular weight excluding hydrogens is 625 g/mol. The highest BCUT2D eigenvalue weighted by molar-refractivity contribution is 7.90. The zero-order chi connectivity index (χ0) is 31.9. The number of nitrogens with zero attached hydrogens (tertiary/aromatic N) is 1. The third kappa shape index (κ3) is 5.47. The molecule has 0 aliphatic rings. The van der Waals surface area contributed by atoms with Crippen molar-refractivity contribution in [2.75, 3.05) is 19.7 Å². The standard InChI is InChI=1S/C16H14F17NO4S/c1-3-5-34(6-7-38-8(35)4-2)39(36,37)16(32,33)14(27,28)12(23,24)10(19,20)9(17,18)11(21,22)13(25,26)15(29,30)31/h4H,2-3,5-7H2,1H3. The normalized spacial score (nSPS) is 15.5. The lowest BCUT2D eigenvalue weighted by Gasteiger charge is -2.43. The lowest BCUT2D eigenvalue weighted by atomic mass is 9.91. The van der Waals surface area contributed by atoms with Crippen LogP contribution in [0.5, 0.6) is 0 Å². The first-order chi connectivity index (χ1) is 16.9. The van der Waals surface area contributed by atoms with Crippen LogP contribution >= 0.6 is 0 Å². The quantitative estimate of drug-likeness (QED) is 0.139. The van der Waals surface area contributed by atoms with Gasteiger partial charge in [-0.2, -0.15) is 78.9 Å². The average Bonchev–Trinajstić information content (AvgIpc) is 2.76. The minimum absolute atomic E-state index is 0.391. The Morgan fingerprint density at radius 2 is 1.05 bits per heavy atom. The molecule has 0 rings (SSSR count). The summed E-state index contributed by atoms with van der Waals surface area (Å²) in [7, 11) is -7.44. The number of alkyl halides is 17. The van der Waals surface area contributed by atoms with Crippen molar-refractivity contribution in [2.24, 2.45) is 0 Å². The second kappa shape index (κ2) is 10.7. The third-order valence-electron chi connectivity index (χ3n) is 4.58. The van der Waals surface area contributed by atoms with Crippen molar-refractivity contribution < 1.29 is 92.6 Å². The number of carbonyl (C=O) groups is 1. The maximum Gasteiger partial charge on any atom is 0.460 e. The maximum absolute atomic E-state index is 14.3. The second-order valence-electron chi connectivity index (χ2n) is 7.24. The van der Waals surface area contributed by atoms with Crippen LogP contribution in [-0.4, -0.2) is 85.4 Å². The summed E-state index contributed by atoms with van der Waals surface area (Å²) in [5.41, 5.74) is 0. The molecule has 0 saturated carbocycles. The van der Waals surface area contributed by atoms with Crippen LogP contribution in [0.25, 0.3) is 0 Å². The summed E-state index contributed by atoms with van der Waals surface area (Å²) in [5, 5.41) is -7.66. The van der Waals surface area contributed by atoms with Gasteiger partial charge in [-0.25, -0.2) is 13.2 Å². The Hall–Kier alpha value is -2.07. The summed E-state index contributed by atoms with van der Waals surface area (Å²) in [6.45, 7) is -0.563. The zero-order valence-electron chi connectivity index (χ0n) is 18.5. The van der Waals surface area contributed by atoms with Crippen molar-refractivity contribution in [1.82, 2.24) is 4.31 Å². The summed E-state index contributed by atoms with van der Waals surface area (Å²) >= 11 is 0. The fraction of sp³-hybridized carbons (Fsp3) is 0.812. The Kier molecular flexibility index (Phi) is 10.2. The van der Waals surface area contributed by atoms with Crippen LogP contribution < -0.4 is 0 Å². The van der Waals surface area contributed by atoms with Crippen molar-refractivity contribution in [3.8, 4) is 0 Å². The van der Waals surface area contributed by atoms with Crippen LogP contribution in [0, 0.1) is 0 Å². The van der Waals surface area contributed by atoms with Crippen LogP contribution in [-0.2, 0) is 19.6 Å². The Bertz CT molecular complexity index is 1010. The molecule has 0 unspecified atom stereocenters. The topological polar surface area (TPSA) is 63.7 Å². The number of sulfonamides is 1. The predicted octanol–water partition coefficient (Wildman–Crippen LogP) is 5.72. The lowest BCUT2D eigenvalue weighted by molar-refractivity contribution is -0.458. The van der Waals surface area contributed by atoms with Crippen LogP contribution in [0.4, 0.5) is 74.6 Å². The van der Waals surface area contributed by atoms with Gasteiger partial charge in [0.1, 0.15) is 6.61 Å². The van der Waals surface area contributed by atoms with E-state index < -0.39 is 93.4 Å². The zero-order valence-corrected chi connectivity index (χ0v) is 19.3. The van der Waals surface area contributed by atoms with Crippen LogP contribution in [0.1, 0.15) is 13.3 Å². The number of hydrogen-bond donors (Lipinski definition) is 0. The number of esters is 1. The van der Waals surface area contributed by atoms with Gasteiger partial charge >= 0.3 is 52.9 Å². The largest absolute Gasteiger partial charge is 0.461 e. The molecule has 0 amide bonds. The van der Waals surface area contributed by atoms with Gasteiger partial charge in [0.05, 0.1) is 0 Å². The fourth-order valence-corrected chi connectivity index (χ4v) is 3.90. The van der Waals surface area contributed by atoms with E-state index in [0.717, 1.165) is 6.92 Å². The van der Waals surface area contributed by atoms with Crippen LogP contribution in [0.3, 0.4) is 0 Å². The van der Waals surface area contributed by atoms with E-state index in [4.69, 9.17) is 0 Å². The first-order valence-corrected chi connectivity index (χ1v) is 10.9. The van der Waals surface area contributed by atoms with E-state index in [-0.39, 0.29) is 0 Å². The molecule has 232 valence electrons. The van der Waals surface area contributed by atoms with E-state index in [1.807, 2.05) is 0 Å². The molecule has 0 fully saturated rings. The molecule has 39 heavy (non-hydrogen) atoms. The molecule has 0 saturated heterocycles. The average molecular weight is 639 g/mol. The van der Waals surface area contributed by atoms with E-state index in [1.165, 1.54) is 0 Å². The van der Waals surface area contributed by atoms with Crippen molar-refractivity contribution in [2.45, 2.75) is 60.3 Å². The molecule has 0 aliphatic carbocycles. The second-order valence-corrected chi connectivity index (χ2v) is 9.22. The monoisotopic (exact) mass is 639 g/mol. The van der Waals surface area contributed by atoms with Crippen molar-refractivity contribution in [1.29, 1.82) is 0 Å². The minimum Gasteiger partial charge on any atom is -0.461 e. The lowest BCUT2D eigenvalue weighted by Crippen LogP contribution is -2.75. The number of carbonyl (C=O) groups excluding carboxylic acids is 1. The molecule has 23 heteroatoms. The van der Waals surface area contributed by atoms with E-state index in [1.54, 1.807) is 0 Å². The number of hydrogen-bond acceptors (Lipinski definition) is 4. The van der Waals surface area contributed by atoms with Crippen molar-refractivity contribution >= 4 is 16.0 Å². The Balaban J connectivity index is 6.89. The molecular formula is C16H14F17NO4S. The molecule has 0 N–H and O–H groups in total. The third-order valence-corrected chi connectivity index (χ3v) is 6.53. The fourth-order valence-electron chi connectivity index (χ4n) is 2.38. The van der Waals surface area contributed by atoms with Crippen LogP contribution in [0.15, 0.2) is 12.7 Å². The van der Waals surface area contributed by atoms with E-state index >= 15 is 0 Å². The highest BCUT2D eigenvalue weighted by Gasteiger charge is 2.96. The van der Waals surface area contributed by atoms with Gasteiger partial charge in [0.15, 0.2) is 0 Å². The highest BCUT2D eigenvalue weighted by Crippen LogP contribution is 2.64. The summed E-state index contributed by atoms with van der Waals surface area (Å²) in [4.78, 5) is 10.9. The molecule has 0 bridgehead atoms. The SMILES string of the molecule is C=CC(=O)OCCN(CCC)S(=O)(=O)C(F)(F)C(F)(F)C(F)(F)C(F)(F)C(F)(F)C(F)(F)C(F)(F)C(F)(F)F. The molecule has 0 aromatic carbocycles. The van der Waals surface area contributed by atoms with E-state index in [2.05, 4.69) is 11.3 Å². The Morgan fingerprint density at radius 1 is 0.692 bits per heavy atom. The number of halogens is 17. The summed E-state index contributed by atoms with van der Waals surface area (Å²) < 4.78 is 254. The molecule has 0 heterocycles. The summed E-state index contributed by atoms with van der Waals surface area (Å²) in [5.74, 6) is -53.4. The summed E-state index contributed by atoms with van der Waals surface area (Å²) in [6.07, 6.45) is -8.17. The van der Waals surface area contributed by atoms with Crippen molar-refractivity contribution in [3.05, 3.63) is 12.7 Å².